The Morgan fingerprint density at radius 3 is 2.65 bits per heavy atom. The zero-order chi connectivity index (χ0) is 18.7. The van der Waals surface area contributed by atoms with Gasteiger partial charge in [0.15, 0.2) is 6.10 Å². The summed E-state index contributed by atoms with van der Waals surface area (Å²) in [5.41, 5.74) is 3.65. The molecule has 0 spiro atoms. The van der Waals surface area contributed by atoms with Crippen molar-refractivity contribution in [3.05, 3.63) is 53.6 Å². The fraction of sp³-hybridized carbons (Fsp3) is 0.333. The molecule has 5 nitrogen and oxygen atoms in total. The molecule has 0 bridgehead atoms. The molecule has 1 aliphatic rings. The molecule has 1 aliphatic heterocycles. The van der Waals surface area contributed by atoms with E-state index in [1.807, 2.05) is 61.2 Å². The lowest BCUT2D eigenvalue weighted by molar-refractivity contribution is -0.122. The predicted molar refractivity (Wildman–Crippen MR) is 103 cm³/mol. The first kappa shape index (κ1) is 18.0. The Labute approximate surface area is 154 Å². The number of hydrogen-bond donors (Lipinski definition) is 1. The summed E-state index contributed by atoms with van der Waals surface area (Å²) in [6, 6.07) is 13.2. The maximum absolute atomic E-state index is 12.4. The zero-order valence-electron chi connectivity index (χ0n) is 15.4. The summed E-state index contributed by atoms with van der Waals surface area (Å²) in [6.45, 7) is 6.41. The van der Waals surface area contributed by atoms with Crippen LogP contribution in [0.4, 0.5) is 11.4 Å². The third-order valence-electron chi connectivity index (χ3n) is 4.50. The van der Waals surface area contributed by atoms with E-state index >= 15 is 0 Å². The summed E-state index contributed by atoms with van der Waals surface area (Å²) in [5.74, 6) is 0.618. The molecule has 1 saturated heterocycles. The molecule has 26 heavy (non-hydrogen) atoms. The highest BCUT2D eigenvalue weighted by molar-refractivity contribution is 5.97. The van der Waals surface area contributed by atoms with Gasteiger partial charge in [-0.1, -0.05) is 12.1 Å². The molecule has 2 aromatic carbocycles. The van der Waals surface area contributed by atoms with Gasteiger partial charge in [0.2, 0.25) is 5.91 Å². The monoisotopic (exact) mass is 352 g/mol. The van der Waals surface area contributed by atoms with Crippen molar-refractivity contribution >= 4 is 23.2 Å². The molecule has 1 N–H and O–H groups in total. The van der Waals surface area contributed by atoms with Crippen molar-refractivity contribution in [2.45, 2.75) is 39.7 Å². The van der Waals surface area contributed by atoms with Gasteiger partial charge >= 0.3 is 0 Å². The minimum atomic E-state index is -0.614. The van der Waals surface area contributed by atoms with Gasteiger partial charge in [0.25, 0.3) is 5.91 Å². The maximum Gasteiger partial charge on any atom is 0.265 e. The van der Waals surface area contributed by atoms with E-state index in [9.17, 15) is 9.59 Å². The molecule has 0 radical (unpaired) electrons. The Morgan fingerprint density at radius 2 is 2.00 bits per heavy atom. The van der Waals surface area contributed by atoms with E-state index in [0.717, 1.165) is 29.8 Å². The normalized spacial score (nSPS) is 15.0. The third kappa shape index (κ3) is 4.04. The lowest BCUT2D eigenvalue weighted by Crippen LogP contribution is -2.30. The second-order valence-electron chi connectivity index (χ2n) is 6.72. The van der Waals surface area contributed by atoms with Crippen LogP contribution in [0.25, 0.3) is 0 Å². The van der Waals surface area contributed by atoms with E-state index < -0.39 is 6.10 Å². The van der Waals surface area contributed by atoms with Gasteiger partial charge in [0, 0.05) is 24.3 Å². The van der Waals surface area contributed by atoms with Gasteiger partial charge in [-0.15, -0.1) is 0 Å². The van der Waals surface area contributed by atoms with Crippen LogP contribution in [-0.4, -0.2) is 24.5 Å². The molecule has 0 aliphatic carbocycles. The number of benzene rings is 2. The topological polar surface area (TPSA) is 58.6 Å². The molecule has 5 heteroatoms. The van der Waals surface area contributed by atoms with E-state index in [0.29, 0.717) is 17.9 Å². The number of rotatable bonds is 5. The third-order valence-corrected chi connectivity index (χ3v) is 4.50. The molecular weight excluding hydrogens is 328 g/mol. The van der Waals surface area contributed by atoms with Crippen LogP contribution in [-0.2, 0) is 9.59 Å². The molecule has 0 saturated carbocycles. The largest absolute Gasteiger partial charge is 0.481 e. The van der Waals surface area contributed by atoms with Crippen molar-refractivity contribution in [3.8, 4) is 5.75 Å². The molecule has 0 aromatic heterocycles. The number of carbonyl (C=O) groups is 2. The summed E-state index contributed by atoms with van der Waals surface area (Å²) >= 11 is 0. The summed E-state index contributed by atoms with van der Waals surface area (Å²) in [4.78, 5) is 26.1. The van der Waals surface area contributed by atoms with Crippen molar-refractivity contribution in [1.29, 1.82) is 0 Å². The number of ether oxygens (including phenoxy) is 1. The fourth-order valence-corrected chi connectivity index (χ4v) is 3.13. The lowest BCUT2D eigenvalue weighted by atomic mass is 10.1. The van der Waals surface area contributed by atoms with Gasteiger partial charge in [-0.25, -0.2) is 0 Å². The molecule has 1 fully saturated rings. The van der Waals surface area contributed by atoms with Crippen LogP contribution in [0.3, 0.4) is 0 Å². The second-order valence-corrected chi connectivity index (χ2v) is 6.72. The van der Waals surface area contributed by atoms with Gasteiger partial charge in [-0.2, -0.15) is 0 Å². The van der Waals surface area contributed by atoms with Crippen molar-refractivity contribution in [3.63, 3.8) is 0 Å². The Hall–Kier alpha value is -2.82. The van der Waals surface area contributed by atoms with Gasteiger partial charge in [-0.05, 0) is 68.7 Å². The first-order chi connectivity index (χ1) is 12.4. The summed E-state index contributed by atoms with van der Waals surface area (Å²) in [7, 11) is 0. The Kier molecular flexibility index (Phi) is 5.26. The van der Waals surface area contributed by atoms with Crippen LogP contribution in [0, 0.1) is 13.8 Å². The molecule has 2 aromatic rings. The van der Waals surface area contributed by atoms with Crippen LogP contribution in [0.5, 0.6) is 5.75 Å². The Morgan fingerprint density at radius 1 is 1.19 bits per heavy atom. The van der Waals surface area contributed by atoms with E-state index in [1.165, 1.54) is 0 Å². The van der Waals surface area contributed by atoms with Crippen molar-refractivity contribution < 1.29 is 14.3 Å². The molecule has 1 unspecified atom stereocenters. The summed E-state index contributed by atoms with van der Waals surface area (Å²) in [6.07, 6.45) is 0.882. The van der Waals surface area contributed by atoms with Gasteiger partial charge < -0.3 is 15.0 Å². The highest BCUT2D eigenvalue weighted by Gasteiger charge is 2.23. The smallest absolute Gasteiger partial charge is 0.265 e. The van der Waals surface area contributed by atoms with Gasteiger partial charge in [0.05, 0.1) is 0 Å². The number of carbonyl (C=O) groups excluding carboxylic acids is 2. The zero-order valence-corrected chi connectivity index (χ0v) is 15.4. The maximum atomic E-state index is 12.4. The number of nitrogens with zero attached hydrogens (tertiary/aromatic N) is 1. The molecule has 2 amide bonds. The van der Waals surface area contributed by atoms with Crippen molar-refractivity contribution in [1.82, 2.24) is 0 Å². The summed E-state index contributed by atoms with van der Waals surface area (Å²) < 4.78 is 5.71. The van der Waals surface area contributed by atoms with E-state index in [1.54, 1.807) is 6.92 Å². The average Bonchev–Trinajstić information content (AvgIpc) is 3.01. The predicted octanol–water partition coefficient (Wildman–Crippen LogP) is 3.84. The lowest BCUT2D eigenvalue weighted by Gasteiger charge is -2.20. The highest BCUT2D eigenvalue weighted by atomic mass is 16.5. The SMILES string of the molecule is Cc1cccc(OC(C)C(=O)Nc2ccc(N3CCCC3=O)c(C)c2)c1. The Bertz CT molecular complexity index is 832. The molecule has 1 atom stereocenters. The van der Waals surface area contributed by atoms with Crippen LogP contribution in [0.2, 0.25) is 0 Å². The number of amides is 2. The van der Waals surface area contributed by atoms with Crippen molar-refractivity contribution in [2.75, 3.05) is 16.8 Å². The van der Waals surface area contributed by atoms with Crippen LogP contribution < -0.4 is 15.0 Å². The van der Waals surface area contributed by atoms with E-state index in [4.69, 9.17) is 4.74 Å². The quantitative estimate of drug-likeness (QED) is 0.889. The van der Waals surface area contributed by atoms with E-state index in [-0.39, 0.29) is 11.8 Å². The number of hydrogen-bond acceptors (Lipinski definition) is 3. The first-order valence-electron chi connectivity index (χ1n) is 8.89. The van der Waals surface area contributed by atoms with Crippen LogP contribution >= 0.6 is 0 Å². The molecule has 136 valence electrons. The molecule has 1 heterocycles. The van der Waals surface area contributed by atoms with Gasteiger partial charge in [0.1, 0.15) is 5.75 Å². The first-order valence-corrected chi connectivity index (χ1v) is 8.89. The number of aryl methyl sites for hydroxylation is 2. The standard InChI is InChI=1S/C21H24N2O3/c1-14-6-4-7-18(12-14)26-16(3)21(25)22-17-9-10-19(15(2)13-17)23-11-5-8-20(23)24/h4,6-7,9-10,12-13,16H,5,8,11H2,1-3H3,(H,22,25). The second kappa shape index (κ2) is 7.60. The minimum absolute atomic E-state index is 0.157. The Balaban J connectivity index is 1.65. The molecular formula is C21H24N2O3. The summed E-state index contributed by atoms with van der Waals surface area (Å²) in [5, 5.41) is 2.88. The number of anilines is 2. The van der Waals surface area contributed by atoms with Crippen molar-refractivity contribution in [2.24, 2.45) is 0 Å². The van der Waals surface area contributed by atoms with Crippen LogP contribution in [0.15, 0.2) is 42.5 Å². The molecule has 3 rings (SSSR count). The van der Waals surface area contributed by atoms with Crippen LogP contribution in [0.1, 0.15) is 30.9 Å². The fourth-order valence-electron chi connectivity index (χ4n) is 3.13. The minimum Gasteiger partial charge on any atom is -0.481 e. The average molecular weight is 352 g/mol. The van der Waals surface area contributed by atoms with Gasteiger partial charge in [-0.3, -0.25) is 9.59 Å². The van der Waals surface area contributed by atoms with E-state index in [2.05, 4.69) is 5.32 Å². The highest BCUT2D eigenvalue weighted by Crippen LogP contribution is 2.27. The number of nitrogens with one attached hydrogen (secondary N) is 1.